The van der Waals surface area contributed by atoms with E-state index in [-0.39, 0.29) is 11.9 Å². The smallest absolute Gasteiger partial charge is 0.273 e. The maximum Gasteiger partial charge on any atom is 0.273 e. The van der Waals surface area contributed by atoms with Gasteiger partial charge in [-0.3, -0.25) is 4.79 Å². The molecule has 0 spiro atoms. The number of carbonyl (C=O) groups is 1. The molecular weight excluding hydrogens is 344 g/mol. The van der Waals surface area contributed by atoms with E-state index in [0.29, 0.717) is 11.6 Å². The van der Waals surface area contributed by atoms with Crippen molar-refractivity contribution in [2.45, 2.75) is 33.2 Å². The molecule has 0 aliphatic rings. The summed E-state index contributed by atoms with van der Waals surface area (Å²) in [5.74, 6) is 0.520. The zero-order chi connectivity index (χ0) is 18.7. The predicted octanol–water partition coefficient (Wildman–Crippen LogP) is 4.50. The number of amides is 1. The lowest BCUT2D eigenvalue weighted by Crippen LogP contribution is -2.36. The molecule has 1 atom stereocenters. The topological polar surface area (TPSA) is 51.0 Å². The number of nitrogens with zero attached hydrogens (tertiary/aromatic N) is 4. The third kappa shape index (κ3) is 4.02. The minimum absolute atomic E-state index is 0.0314. The molecule has 0 N–H and O–H groups in total. The van der Waals surface area contributed by atoms with E-state index < -0.39 is 0 Å². The van der Waals surface area contributed by atoms with Crippen LogP contribution >= 0.6 is 11.3 Å². The first-order valence-electron chi connectivity index (χ1n) is 8.79. The number of rotatable bonds is 6. The molecular formula is C20H24N4OS. The van der Waals surface area contributed by atoms with Crippen LogP contribution in [-0.2, 0) is 0 Å². The van der Waals surface area contributed by atoms with E-state index in [0.717, 1.165) is 22.7 Å². The Morgan fingerprint density at radius 1 is 1.23 bits per heavy atom. The van der Waals surface area contributed by atoms with Crippen molar-refractivity contribution in [2.75, 3.05) is 7.05 Å². The average molecular weight is 369 g/mol. The molecule has 1 aromatic carbocycles. The molecule has 6 heteroatoms. The van der Waals surface area contributed by atoms with Gasteiger partial charge in [-0.1, -0.05) is 32.0 Å². The Morgan fingerprint density at radius 3 is 2.65 bits per heavy atom. The van der Waals surface area contributed by atoms with Crippen molar-refractivity contribution < 1.29 is 4.79 Å². The summed E-state index contributed by atoms with van der Waals surface area (Å²) in [6, 6.07) is 10.1. The summed E-state index contributed by atoms with van der Waals surface area (Å²) in [7, 11) is 1.85. The molecule has 3 aromatic rings. The summed E-state index contributed by atoms with van der Waals surface area (Å²) >= 11 is 1.47. The molecule has 0 saturated carbocycles. The minimum Gasteiger partial charge on any atom is -0.338 e. The third-order valence-corrected chi connectivity index (χ3v) is 5.26. The van der Waals surface area contributed by atoms with E-state index in [1.165, 1.54) is 11.3 Å². The van der Waals surface area contributed by atoms with Crippen molar-refractivity contribution in [3.8, 4) is 16.3 Å². The van der Waals surface area contributed by atoms with Crippen molar-refractivity contribution in [3.63, 3.8) is 0 Å². The summed E-state index contributed by atoms with van der Waals surface area (Å²) in [4.78, 5) is 19.0. The Bertz CT molecular complexity index is 869. The van der Waals surface area contributed by atoms with Crippen molar-refractivity contribution in [2.24, 2.45) is 5.92 Å². The Hall–Kier alpha value is -2.47. The standard InChI is InChI=1S/C20H24N4OS/c1-14(2)10-15(3)23(4)20(25)18-13-26-19(22-18)16-11-21-24(12-16)17-8-6-5-7-9-17/h5-9,11-15H,10H2,1-4H3. The largest absolute Gasteiger partial charge is 0.338 e. The van der Waals surface area contributed by atoms with E-state index in [9.17, 15) is 4.79 Å². The molecule has 0 fully saturated rings. The third-order valence-electron chi connectivity index (χ3n) is 4.37. The van der Waals surface area contributed by atoms with Gasteiger partial charge in [0.15, 0.2) is 0 Å². The van der Waals surface area contributed by atoms with Crippen LogP contribution in [0, 0.1) is 5.92 Å². The lowest BCUT2D eigenvalue weighted by Gasteiger charge is -2.25. The molecule has 26 heavy (non-hydrogen) atoms. The molecule has 1 amide bonds. The van der Waals surface area contributed by atoms with E-state index >= 15 is 0 Å². The van der Waals surface area contributed by atoms with Gasteiger partial charge in [-0.15, -0.1) is 11.3 Å². The molecule has 136 valence electrons. The number of hydrogen-bond acceptors (Lipinski definition) is 4. The maximum absolute atomic E-state index is 12.7. The molecule has 2 heterocycles. The van der Waals surface area contributed by atoms with E-state index in [1.807, 2.05) is 53.6 Å². The van der Waals surface area contributed by atoms with Gasteiger partial charge < -0.3 is 4.90 Å². The van der Waals surface area contributed by atoms with Gasteiger partial charge in [0.1, 0.15) is 10.7 Å². The van der Waals surface area contributed by atoms with Gasteiger partial charge in [0.25, 0.3) is 5.91 Å². The van der Waals surface area contributed by atoms with Crippen LogP contribution in [0.1, 0.15) is 37.7 Å². The molecule has 2 aromatic heterocycles. The molecule has 0 aliphatic heterocycles. The molecule has 3 rings (SSSR count). The summed E-state index contributed by atoms with van der Waals surface area (Å²) in [6.07, 6.45) is 4.70. The Kier molecular flexibility index (Phi) is 5.52. The van der Waals surface area contributed by atoms with Crippen molar-refractivity contribution in [1.29, 1.82) is 0 Å². The van der Waals surface area contributed by atoms with Crippen molar-refractivity contribution in [1.82, 2.24) is 19.7 Å². The average Bonchev–Trinajstić information content (AvgIpc) is 3.30. The van der Waals surface area contributed by atoms with E-state index in [4.69, 9.17) is 0 Å². The quantitative estimate of drug-likeness (QED) is 0.643. The first-order chi connectivity index (χ1) is 12.5. The van der Waals surface area contributed by atoms with Crippen molar-refractivity contribution in [3.05, 3.63) is 53.8 Å². The predicted molar refractivity (Wildman–Crippen MR) is 106 cm³/mol. The lowest BCUT2D eigenvalue weighted by molar-refractivity contribution is 0.0723. The van der Waals surface area contributed by atoms with Crippen LogP contribution in [0.4, 0.5) is 0 Å². The van der Waals surface area contributed by atoms with Gasteiger partial charge >= 0.3 is 0 Å². The highest BCUT2D eigenvalue weighted by atomic mass is 32.1. The number of carbonyl (C=O) groups excluding carboxylic acids is 1. The van der Waals surface area contributed by atoms with Crippen molar-refractivity contribution >= 4 is 17.2 Å². The van der Waals surface area contributed by atoms with Crippen LogP contribution < -0.4 is 0 Å². The SMILES string of the molecule is CC(C)CC(C)N(C)C(=O)c1csc(-c2cnn(-c3ccccc3)c2)n1. The van der Waals surface area contributed by atoms with Gasteiger partial charge in [0.2, 0.25) is 0 Å². The normalized spacial score (nSPS) is 12.3. The minimum atomic E-state index is -0.0314. The second-order valence-corrected chi connectivity index (χ2v) is 7.80. The number of hydrogen-bond donors (Lipinski definition) is 0. The van der Waals surface area contributed by atoms with Crippen LogP contribution in [-0.4, -0.2) is 38.7 Å². The maximum atomic E-state index is 12.7. The Labute approximate surface area is 158 Å². The summed E-state index contributed by atoms with van der Waals surface area (Å²) in [6.45, 7) is 6.41. The fourth-order valence-electron chi connectivity index (χ4n) is 2.88. The molecule has 1 unspecified atom stereocenters. The molecule has 5 nitrogen and oxygen atoms in total. The highest BCUT2D eigenvalue weighted by Gasteiger charge is 2.21. The monoisotopic (exact) mass is 368 g/mol. The Balaban J connectivity index is 1.76. The van der Waals surface area contributed by atoms with Gasteiger partial charge in [0, 0.05) is 30.2 Å². The lowest BCUT2D eigenvalue weighted by atomic mass is 10.0. The van der Waals surface area contributed by atoms with Crippen LogP contribution in [0.2, 0.25) is 0 Å². The second-order valence-electron chi connectivity index (χ2n) is 6.94. The first-order valence-corrected chi connectivity index (χ1v) is 9.67. The van der Waals surface area contributed by atoms with Gasteiger partial charge in [-0.05, 0) is 31.4 Å². The Morgan fingerprint density at radius 2 is 1.96 bits per heavy atom. The van der Waals surface area contributed by atoms with Crippen LogP contribution in [0.5, 0.6) is 0 Å². The summed E-state index contributed by atoms with van der Waals surface area (Å²) in [5, 5.41) is 7.04. The van der Waals surface area contributed by atoms with Crippen LogP contribution in [0.15, 0.2) is 48.1 Å². The molecule has 0 aliphatic carbocycles. The first kappa shape index (κ1) is 18.3. The summed E-state index contributed by atoms with van der Waals surface area (Å²) in [5.41, 5.74) is 2.40. The van der Waals surface area contributed by atoms with Gasteiger partial charge in [-0.2, -0.15) is 5.10 Å². The van der Waals surface area contributed by atoms with Gasteiger partial charge in [-0.25, -0.2) is 9.67 Å². The van der Waals surface area contributed by atoms with Crippen LogP contribution in [0.3, 0.4) is 0 Å². The summed E-state index contributed by atoms with van der Waals surface area (Å²) < 4.78 is 1.81. The number of para-hydroxylation sites is 1. The number of benzene rings is 1. The molecule has 0 bridgehead atoms. The fraction of sp³-hybridized carbons (Fsp3) is 0.350. The number of thiazole rings is 1. The highest BCUT2D eigenvalue weighted by Crippen LogP contribution is 2.25. The highest BCUT2D eigenvalue weighted by molar-refractivity contribution is 7.13. The van der Waals surface area contributed by atoms with Crippen LogP contribution in [0.25, 0.3) is 16.3 Å². The molecule has 0 saturated heterocycles. The van der Waals surface area contributed by atoms with E-state index in [1.54, 1.807) is 11.1 Å². The fourth-order valence-corrected chi connectivity index (χ4v) is 3.65. The molecule has 0 radical (unpaired) electrons. The zero-order valence-electron chi connectivity index (χ0n) is 15.6. The zero-order valence-corrected chi connectivity index (χ0v) is 16.4. The van der Waals surface area contributed by atoms with Gasteiger partial charge in [0.05, 0.1) is 11.9 Å². The van der Waals surface area contributed by atoms with E-state index in [2.05, 4.69) is 30.9 Å². The second kappa shape index (κ2) is 7.83. The number of aromatic nitrogens is 3.